The molecule has 0 aliphatic carbocycles. The van der Waals surface area contributed by atoms with E-state index in [0.717, 1.165) is 16.4 Å². The van der Waals surface area contributed by atoms with Crippen molar-refractivity contribution in [2.24, 2.45) is 0 Å². The maximum atomic E-state index is 13.3. The quantitative estimate of drug-likeness (QED) is 0.762. The Hall–Kier alpha value is -1.52. The molecule has 2 aromatic carbocycles. The summed E-state index contributed by atoms with van der Waals surface area (Å²) in [5, 5.41) is 0.304. The summed E-state index contributed by atoms with van der Waals surface area (Å²) in [6.45, 7) is -0.0237. The molecule has 0 saturated carbocycles. The van der Waals surface area contributed by atoms with E-state index in [1.165, 1.54) is 28.6 Å². The van der Waals surface area contributed by atoms with E-state index in [-0.39, 0.29) is 36.0 Å². The molecule has 0 aromatic heterocycles. The molecule has 0 spiro atoms. The molecule has 140 valence electrons. The van der Waals surface area contributed by atoms with Gasteiger partial charge in [0.2, 0.25) is 20.0 Å². The minimum absolute atomic E-state index is 0.00337. The third kappa shape index (κ3) is 3.77. The first-order chi connectivity index (χ1) is 12.2. The summed E-state index contributed by atoms with van der Waals surface area (Å²) in [6.07, 6.45) is 0. The van der Waals surface area contributed by atoms with E-state index in [9.17, 15) is 21.2 Å². The number of rotatable bonds is 4. The topological polar surface area (TPSA) is 74.8 Å². The summed E-state index contributed by atoms with van der Waals surface area (Å²) >= 11 is 5.85. The third-order valence-electron chi connectivity index (χ3n) is 4.07. The average Bonchev–Trinajstić information content (AvgIpc) is 2.62. The van der Waals surface area contributed by atoms with Crippen molar-refractivity contribution in [3.8, 4) is 0 Å². The highest BCUT2D eigenvalue weighted by molar-refractivity contribution is 7.89. The number of benzene rings is 2. The standard InChI is InChI=1S/C16H16ClFN2O4S2/c17-13-3-1-5-15(11-13)25(21,22)19-7-9-20(10-8-19)26(23,24)16-6-2-4-14(18)12-16/h1-6,11-12H,7-10H2. The molecule has 0 bridgehead atoms. The summed E-state index contributed by atoms with van der Waals surface area (Å²) in [5.74, 6) is -0.645. The minimum atomic E-state index is -3.87. The highest BCUT2D eigenvalue weighted by Gasteiger charge is 2.33. The molecule has 0 atom stereocenters. The fourth-order valence-corrected chi connectivity index (χ4v) is 5.88. The Morgan fingerprint density at radius 1 is 0.769 bits per heavy atom. The van der Waals surface area contributed by atoms with Gasteiger partial charge in [-0.3, -0.25) is 0 Å². The van der Waals surface area contributed by atoms with Gasteiger partial charge in [0.05, 0.1) is 9.79 Å². The summed E-state index contributed by atoms with van der Waals surface area (Å²) in [6, 6.07) is 10.7. The van der Waals surface area contributed by atoms with E-state index in [4.69, 9.17) is 11.6 Å². The smallest absolute Gasteiger partial charge is 0.207 e. The molecule has 0 radical (unpaired) electrons. The molecule has 0 unspecified atom stereocenters. The lowest BCUT2D eigenvalue weighted by molar-refractivity contribution is 0.272. The average molecular weight is 419 g/mol. The van der Waals surface area contributed by atoms with Gasteiger partial charge in [0.25, 0.3) is 0 Å². The molecule has 0 N–H and O–H groups in total. The minimum Gasteiger partial charge on any atom is -0.207 e. The molecule has 1 saturated heterocycles. The zero-order chi connectivity index (χ0) is 18.9. The molecule has 10 heteroatoms. The van der Waals surface area contributed by atoms with Gasteiger partial charge in [-0.05, 0) is 36.4 Å². The molecule has 1 aliphatic rings. The predicted octanol–water partition coefficient (Wildman–Crippen LogP) is 2.17. The SMILES string of the molecule is O=S(=O)(c1cccc(F)c1)N1CCN(S(=O)(=O)c2cccc(Cl)c2)CC1. The van der Waals surface area contributed by atoms with Gasteiger partial charge in [0, 0.05) is 31.2 Å². The molecule has 1 aliphatic heterocycles. The lowest BCUT2D eigenvalue weighted by Crippen LogP contribution is -2.50. The molecule has 6 nitrogen and oxygen atoms in total. The van der Waals surface area contributed by atoms with Crippen LogP contribution >= 0.6 is 11.6 Å². The third-order valence-corrected chi connectivity index (χ3v) is 8.09. The monoisotopic (exact) mass is 418 g/mol. The number of nitrogens with zero attached hydrogens (tertiary/aromatic N) is 2. The molecule has 0 amide bonds. The van der Waals surface area contributed by atoms with Crippen LogP contribution in [0, 0.1) is 5.82 Å². The van der Waals surface area contributed by atoms with Crippen molar-refractivity contribution in [1.82, 2.24) is 8.61 Å². The van der Waals surface area contributed by atoms with Crippen LogP contribution in [0.4, 0.5) is 4.39 Å². The maximum absolute atomic E-state index is 13.3. The Balaban J connectivity index is 1.77. The van der Waals surface area contributed by atoms with E-state index in [1.807, 2.05) is 0 Å². The summed E-state index contributed by atoms with van der Waals surface area (Å²) in [4.78, 5) is -0.0879. The van der Waals surface area contributed by atoms with Gasteiger partial charge in [-0.15, -0.1) is 0 Å². The zero-order valence-electron chi connectivity index (χ0n) is 13.5. The van der Waals surface area contributed by atoms with Crippen molar-refractivity contribution < 1.29 is 21.2 Å². The predicted molar refractivity (Wildman–Crippen MR) is 95.4 cm³/mol. The van der Waals surface area contributed by atoms with Gasteiger partial charge in [0.15, 0.2) is 0 Å². The van der Waals surface area contributed by atoms with Crippen LogP contribution in [-0.4, -0.2) is 51.6 Å². The molecule has 2 aromatic rings. The number of hydrogen-bond acceptors (Lipinski definition) is 4. The van der Waals surface area contributed by atoms with Gasteiger partial charge < -0.3 is 0 Å². The molecule has 1 fully saturated rings. The fourth-order valence-electron chi connectivity index (χ4n) is 2.70. The summed E-state index contributed by atoms with van der Waals surface area (Å²) in [7, 11) is -7.63. The summed E-state index contributed by atoms with van der Waals surface area (Å²) in [5.41, 5.74) is 0. The van der Waals surface area contributed by atoms with E-state index in [1.54, 1.807) is 12.1 Å². The number of halogens is 2. The van der Waals surface area contributed by atoms with E-state index in [0.29, 0.717) is 5.02 Å². The molecular formula is C16H16ClFN2O4S2. The highest BCUT2D eigenvalue weighted by Crippen LogP contribution is 2.23. The second kappa shape index (κ2) is 7.24. The molecule has 1 heterocycles. The van der Waals surface area contributed by atoms with Crippen LogP contribution in [0.3, 0.4) is 0 Å². The summed E-state index contributed by atoms with van der Waals surface area (Å²) < 4.78 is 66.2. The van der Waals surface area contributed by atoms with Crippen LogP contribution < -0.4 is 0 Å². The zero-order valence-corrected chi connectivity index (χ0v) is 15.9. The lowest BCUT2D eigenvalue weighted by Gasteiger charge is -2.33. The fraction of sp³-hybridized carbons (Fsp3) is 0.250. The van der Waals surface area contributed by atoms with Crippen molar-refractivity contribution in [2.45, 2.75) is 9.79 Å². The first-order valence-electron chi connectivity index (χ1n) is 7.73. The van der Waals surface area contributed by atoms with Crippen LogP contribution in [0.5, 0.6) is 0 Å². The van der Waals surface area contributed by atoms with Gasteiger partial charge in [-0.25, -0.2) is 21.2 Å². The number of piperazine rings is 1. The van der Waals surface area contributed by atoms with Gasteiger partial charge in [0.1, 0.15) is 5.82 Å². The Morgan fingerprint density at radius 2 is 1.23 bits per heavy atom. The second-order valence-corrected chi connectivity index (χ2v) is 10.0. The van der Waals surface area contributed by atoms with Crippen LogP contribution in [0.2, 0.25) is 5.02 Å². The van der Waals surface area contributed by atoms with Crippen molar-refractivity contribution in [2.75, 3.05) is 26.2 Å². The molecule has 26 heavy (non-hydrogen) atoms. The largest absolute Gasteiger partial charge is 0.243 e. The van der Waals surface area contributed by atoms with E-state index >= 15 is 0 Å². The highest BCUT2D eigenvalue weighted by atomic mass is 35.5. The van der Waals surface area contributed by atoms with Crippen molar-refractivity contribution in [1.29, 1.82) is 0 Å². The first kappa shape index (κ1) is 19.2. The van der Waals surface area contributed by atoms with Gasteiger partial charge in [-0.2, -0.15) is 8.61 Å². The van der Waals surface area contributed by atoms with Crippen LogP contribution in [0.1, 0.15) is 0 Å². The Bertz CT molecular complexity index is 937. The Morgan fingerprint density at radius 3 is 1.69 bits per heavy atom. The lowest BCUT2D eigenvalue weighted by atomic mass is 10.4. The van der Waals surface area contributed by atoms with Crippen LogP contribution in [-0.2, 0) is 20.0 Å². The second-order valence-electron chi connectivity index (χ2n) is 5.72. The Kier molecular flexibility index (Phi) is 5.36. The van der Waals surface area contributed by atoms with Crippen LogP contribution in [0.25, 0.3) is 0 Å². The number of hydrogen-bond donors (Lipinski definition) is 0. The van der Waals surface area contributed by atoms with E-state index in [2.05, 4.69) is 0 Å². The van der Waals surface area contributed by atoms with Gasteiger partial charge in [-0.1, -0.05) is 23.7 Å². The van der Waals surface area contributed by atoms with Gasteiger partial charge >= 0.3 is 0 Å². The number of sulfonamides is 2. The molecular weight excluding hydrogens is 403 g/mol. The molecule has 3 rings (SSSR count). The maximum Gasteiger partial charge on any atom is 0.243 e. The Labute approximate surface area is 156 Å². The first-order valence-corrected chi connectivity index (χ1v) is 11.0. The normalized spacial score (nSPS) is 17.3. The van der Waals surface area contributed by atoms with Crippen LogP contribution in [0.15, 0.2) is 58.3 Å². The van der Waals surface area contributed by atoms with E-state index < -0.39 is 25.9 Å². The van der Waals surface area contributed by atoms with Crippen molar-refractivity contribution in [3.63, 3.8) is 0 Å². The van der Waals surface area contributed by atoms with Crippen molar-refractivity contribution in [3.05, 3.63) is 59.4 Å². The van der Waals surface area contributed by atoms with Crippen molar-refractivity contribution >= 4 is 31.6 Å².